The van der Waals surface area contributed by atoms with Gasteiger partial charge in [-0.3, -0.25) is 9.69 Å². The summed E-state index contributed by atoms with van der Waals surface area (Å²) >= 11 is 0. The van der Waals surface area contributed by atoms with Crippen molar-refractivity contribution in [3.05, 3.63) is 66.4 Å². The van der Waals surface area contributed by atoms with Crippen LogP contribution in [0.2, 0.25) is 0 Å². The molecule has 0 spiro atoms. The minimum Gasteiger partial charge on any atom is -0.442 e. The van der Waals surface area contributed by atoms with Crippen molar-refractivity contribution < 1.29 is 9.21 Å². The van der Waals surface area contributed by atoms with Crippen LogP contribution in [-0.2, 0) is 6.54 Å². The van der Waals surface area contributed by atoms with Crippen molar-refractivity contribution in [2.45, 2.75) is 19.4 Å². The second-order valence-electron chi connectivity index (χ2n) is 6.39. The summed E-state index contributed by atoms with van der Waals surface area (Å²) in [5.41, 5.74) is 1.35. The van der Waals surface area contributed by atoms with Gasteiger partial charge >= 0.3 is 0 Å². The fraction of sp³-hybridized carbons (Fsp3) is 0.300. The Kier molecular flexibility index (Phi) is 4.13. The number of carbonyl (C=O) groups is 1. The quantitative estimate of drug-likeness (QED) is 0.684. The molecule has 4 rings (SSSR count). The van der Waals surface area contributed by atoms with E-state index < -0.39 is 0 Å². The largest absolute Gasteiger partial charge is 0.442 e. The fourth-order valence-electron chi connectivity index (χ4n) is 3.54. The number of likely N-dealkylation sites (tertiary alicyclic amines) is 1. The van der Waals surface area contributed by atoms with Crippen molar-refractivity contribution in [1.82, 2.24) is 9.88 Å². The monoisotopic (exact) mass is 320 g/mol. The molecule has 1 aliphatic rings. The highest BCUT2D eigenvalue weighted by Crippen LogP contribution is 2.25. The van der Waals surface area contributed by atoms with E-state index in [-0.39, 0.29) is 17.6 Å². The van der Waals surface area contributed by atoms with E-state index in [0.29, 0.717) is 0 Å². The average Bonchev–Trinajstić information content (AvgIpc) is 3.17. The second kappa shape index (κ2) is 6.57. The number of hydrogen-bond acceptors (Lipinski definition) is 4. The van der Waals surface area contributed by atoms with Gasteiger partial charge in [0.15, 0.2) is 0 Å². The molecule has 0 amide bonds. The summed E-state index contributed by atoms with van der Waals surface area (Å²) in [6, 6.07) is 15.0. The maximum Gasteiger partial charge on any atom is 0.263 e. The zero-order chi connectivity index (χ0) is 16.4. The van der Waals surface area contributed by atoms with Gasteiger partial charge in [0.05, 0.1) is 6.20 Å². The van der Waals surface area contributed by atoms with Crippen LogP contribution in [0.4, 0.5) is 0 Å². The summed E-state index contributed by atoms with van der Waals surface area (Å²) in [5, 5.41) is 2.60. The van der Waals surface area contributed by atoms with Crippen molar-refractivity contribution in [3.63, 3.8) is 0 Å². The Labute approximate surface area is 141 Å². The van der Waals surface area contributed by atoms with Gasteiger partial charge in [0.1, 0.15) is 6.26 Å². The Bertz CT molecular complexity index is 828. The predicted molar refractivity (Wildman–Crippen MR) is 92.8 cm³/mol. The summed E-state index contributed by atoms with van der Waals surface area (Å²) in [6.07, 6.45) is 4.73. The number of nitrogens with zero attached hydrogens (tertiary/aromatic N) is 2. The number of hydrogen-bond donors (Lipinski definition) is 0. The molecule has 0 radical (unpaired) electrons. The lowest BCUT2D eigenvalue weighted by Gasteiger charge is -2.31. The summed E-state index contributed by atoms with van der Waals surface area (Å²) in [6.45, 7) is 2.79. The van der Waals surface area contributed by atoms with Crippen LogP contribution in [0.5, 0.6) is 0 Å². The van der Waals surface area contributed by atoms with E-state index in [1.54, 1.807) is 0 Å². The first kappa shape index (κ1) is 15.1. The molecule has 2 heterocycles. The standard InChI is InChI=1S/C20H20N2O2/c23-19(20-21-10-13-24-20)16-8-11-22(12-9-16)14-17-6-3-5-15-4-1-2-7-18(15)17/h1-7,10,13,16H,8-9,11-12,14H2. The molecule has 24 heavy (non-hydrogen) atoms. The minimum atomic E-state index is 0.0346. The van der Waals surface area contributed by atoms with Gasteiger partial charge in [-0.1, -0.05) is 42.5 Å². The number of Topliss-reactive ketones (excluding diaryl/α,β-unsaturated/α-hetero) is 1. The third-order valence-corrected chi connectivity index (χ3v) is 4.88. The topological polar surface area (TPSA) is 46.3 Å². The van der Waals surface area contributed by atoms with Crippen LogP contribution in [0.3, 0.4) is 0 Å². The van der Waals surface area contributed by atoms with Crippen molar-refractivity contribution in [2.24, 2.45) is 5.92 Å². The Balaban J connectivity index is 1.42. The van der Waals surface area contributed by atoms with Crippen molar-refractivity contribution in [2.75, 3.05) is 13.1 Å². The molecule has 1 aromatic heterocycles. The highest BCUT2D eigenvalue weighted by Gasteiger charge is 2.28. The molecule has 122 valence electrons. The summed E-state index contributed by atoms with van der Waals surface area (Å²) in [4.78, 5) is 18.7. The molecule has 0 atom stereocenters. The van der Waals surface area contributed by atoms with Gasteiger partial charge in [0.25, 0.3) is 5.89 Å². The van der Waals surface area contributed by atoms with Gasteiger partial charge in [-0.2, -0.15) is 0 Å². The van der Waals surface area contributed by atoms with Crippen LogP contribution in [0, 0.1) is 5.92 Å². The van der Waals surface area contributed by atoms with E-state index in [2.05, 4.69) is 52.3 Å². The van der Waals surface area contributed by atoms with E-state index in [9.17, 15) is 4.79 Å². The number of carbonyl (C=O) groups excluding carboxylic acids is 1. The number of rotatable bonds is 4. The van der Waals surface area contributed by atoms with Gasteiger partial charge in [0, 0.05) is 12.5 Å². The number of piperidine rings is 1. The van der Waals surface area contributed by atoms with Gasteiger partial charge in [-0.25, -0.2) is 4.98 Å². The van der Waals surface area contributed by atoms with Gasteiger partial charge in [0.2, 0.25) is 5.78 Å². The maximum absolute atomic E-state index is 12.3. The molecule has 0 N–H and O–H groups in total. The first-order valence-corrected chi connectivity index (χ1v) is 8.44. The molecule has 1 aliphatic heterocycles. The highest BCUT2D eigenvalue weighted by molar-refractivity contribution is 5.93. The molecule has 1 saturated heterocycles. The number of fused-ring (bicyclic) bond motifs is 1. The van der Waals surface area contributed by atoms with Crippen molar-refractivity contribution >= 4 is 16.6 Å². The van der Waals surface area contributed by atoms with Crippen LogP contribution in [0.25, 0.3) is 10.8 Å². The van der Waals surface area contributed by atoms with Gasteiger partial charge < -0.3 is 4.42 Å². The zero-order valence-corrected chi connectivity index (χ0v) is 13.5. The van der Waals surface area contributed by atoms with E-state index >= 15 is 0 Å². The van der Waals surface area contributed by atoms with E-state index in [1.807, 2.05) is 0 Å². The van der Waals surface area contributed by atoms with Crippen LogP contribution in [0.15, 0.2) is 59.3 Å². The molecular formula is C20H20N2O2. The Hall–Kier alpha value is -2.46. The third-order valence-electron chi connectivity index (χ3n) is 4.88. The molecule has 0 saturated carbocycles. The first-order valence-electron chi connectivity index (χ1n) is 8.44. The fourth-order valence-corrected chi connectivity index (χ4v) is 3.54. The normalized spacial score (nSPS) is 16.5. The average molecular weight is 320 g/mol. The molecule has 0 aliphatic carbocycles. The third kappa shape index (κ3) is 2.97. The SMILES string of the molecule is O=C(c1ncco1)C1CCN(Cc2cccc3ccccc23)CC1. The second-order valence-corrected chi connectivity index (χ2v) is 6.39. The van der Waals surface area contributed by atoms with Crippen LogP contribution < -0.4 is 0 Å². The van der Waals surface area contributed by atoms with Crippen molar-refractivity contribution in [3.8, 4) is 0 Å². The van der Waals surface area contributed by atoms with Crippen LogP contribution in [-0.4, -0.2) is 28.8 Å². The number of ketones is 1. The van der Waals surface area contributed by atoms with E-state index in [4.69, 9.17) is 4.42 Å². The number of benzene rings is 2. The van der Waals surface area contributed by atoms with Gasteiger partial charge in [-0.05, 0) is 42.3 Å². The highest BCUT2D eigenvalue weighted by atomic mass is 16.3. The lowest BCUT2D eigenvalue weighted by atomic mass is 9.92. The van der Waals surface area contributed by atoms with E-state index in [1.165, 1.54) is 28.8 Å². The molecule has 4 nitrogen and oxygen atoms in total. The number of aromatic nitrogens is 1. The molecule has 2 aromatic carbocycles. The smallest absolute Gasteiger partial charge is 0.263 e. The van der Waals surface area contributed by atoms with Gasteiger partial charge in [-0.15, -0.1) is 0 Å². The first-order chi connectivity index (χ1) is 11.8. The minimum absolute atomic E-state index is 0.0346. The zero-order valence-electron chi connectivity index (χ0n) is 13.5. The molecular weight excluding hydrogens is 300 g/mol. The van der Waals surface area contributed by atoms with Crippen molar-refractivity contribution in [1.29, 1.82) is 0 Å². The lowest BCUT2D eigenvalue weighted by Crippen LogP contribution is -2.36. The number of oxazole rings is 1. The summed E-state index contributed by atoms with van der Waals surface area (Å²) in [5.74, 6) is 0.333. The van der Waals surface area contributed by atoms with E-state index in [0.717, 1.165) is 32.5 Å². The lowest BCUT2D eigenvalue weighted by molar-refractivity contribution is 0.0799. The molecule has 0 bridgehead atoms. The molecule has 0 unspecified atom stereocenters. The summed E-state index contributed by atoms with van der Waals surface area (Å²) < 4.78 is 5.14. The Morgan fingerprint density at radius 1 is 1.12 bits per heavy atom. The molecule has 1 fully saturated rings. The molecule has 4 heteroatoms. The predicted octanol–water partition coefficient (Wildman–Crippen LogP) is 3.92. The maximum atomic E-state index is 12.3. The van der Waals surface area contributed by atoms with Crippen LogP contribution >= 0.6 is 0 Å². The Morgan fingerprint density at radius 3 is 2.71 bits per heavy atom. The molecule has 3 aromatic rings. The summed E-state index contributed by atoms with van der Waals surface area (Å²) in [7, 11) is 0. The Morgan fingerprint density at radius 2 is 1.92 bits per heavy atom. The van der Waals surface area contributed by atoms with Crippen LogP contribution in [0.1, 0.15) is 29.1 Å².